The van der Waals surface area contributed by atoms with E-state index in [-0.39, 0.29) is 13.3 Å². The molecule has 1 heterocycles. The van der Waals surface area contributed by atoms with Gasteiger partial charge in [-0.1, -0.05) is 147 Å². The molecule has 4 N–H and O–H groups in total. The molecule has 0 aliphatic carbocycles. The summed E-state index contributed by atoms with van der Waals surface area (Å²) in [5, 5.41) is 18.6. The number of hydrogen-bond acceptors (Lipinski definition) is 4. The molecule has 0 radical (unpaired) electrons. The molecule has 0 aromatic heterocycles. The number of aliphatic hydroxyl groups excluding tert-OH is 1. The third-order valence-corrected chi connectivity index (χ3v) is 6.89. The molecule has 1 aliphatic heterocycles. The summed E-state index contributed by atoms with van der Waals surface area (Å²) in [4.78, 5) is 21.4. The Morgan fingerprint density at radius 1 is 0.927 bits per heavy atom. The van der Waals surface area contributed by atoms with Crippen LogP contribution in [0.25, 0.3) is 5.57 Å². The van der Waals surface area contributed by atoms with Gasteiger partial charge in [-0.15, -0.1) is 0 Å². The molecule has 1 atom stereocenters. The number of nitrogens with two attached hydrogens (primary N) is 1. The molecule has 41 heavy (non-hydrogen) atoms. The molecule has 0 saturated carbocycles. The quantitative estimate of drug-likeness (QED) is 0.181. The van der Waals surface area contributed by atoms with Crippen molar-refractivity contribution in [3.8, 4) is 0 Å². The zero-order chi connectivity index (χ0) is 31.6. The fourth-order valence-electron chi connectivity index (χ4n) is 4.75. The smallest absolute Gasteiger partial charge is 0.335 e. The van der Waals surface area contributed by atoms with E-state index in [9.17, 15) is 19.8 Å². The maximum atomic E-state index is 11.3. The molecule has 2 aromatic rings. The Labute approximate surface area is 251 Å². The summed E-state index contributed by atoms with van der Waals surface area (Å²) in [6.07, 6.45) is 11.5. The van der Waals surface area contributed by atoms with Crippen molar-refractivity contribution in [3.63, 3.8) is 0 Å². The average Bonchev–Trinajstić information content (AvgIpc) is 3.38. The molecule has 0 saturated heterocycles. The third-order valence-electron chi connectivity index (χ3n) is 6.89. The van der Waals surface area contributed by atoms with Crippen LogP contribution in [0.5, 0.6) is 0 Å². The first-order chi connectivity index (χ1) is 19.8. The SMILES string of the molecule is CC.CCCCB1C=C(C(=O)O)c2cccc(CO)c21.CCCCC(C)CCC.CN.Cc1ccccc1CC=O. The second kappa shape index (κ2) is 26.2. The van der Waals surface area contributed by atoms with Gasteiger partial charge in [0.15, 0.2) is 0 Å². The summed E-state index contributed by atoms with van der Waals surface area (Å²) in [6.45, 7) is 15.1. The summed E-state index contributed by atoms with van der Waals surface area (Å²) in [5.41, 5.74) is 9.82. The summed E-state index contributed by atoms with van der Waals surface area (Å²) < 4.78 is 0. The molecule has 0 amide bonds. The lowest BCUT2D eigenvalue weighted by molar-refractivity contribution is -0.130. The molecule has 5 nitrogen and oxygen atoms in total. The van der Waals surface area contributed by atoms with E-state index in [0.717, 1.165) is 53.5 Å². The van der Waals surface area contributed by atoms with Crippen molar-refractivity contribution < 1.29 is 19.8 Å². The van der Waals surface area contributed by atoms with Crippen molar-refractivity contribution in [2.75, 3.05) is 7.05 Å². The minimum atomic E-state index is -0.884. The van der Waals surface area contributed by atoms with Gasteiger partial charge < -0.3 is 20.7 Å². The Bertz CT molecular complexity index is 990. The van der Waals surface area contributed by atoms with E-state index in [2.05, 4.69) is 33.4 Å². The van der Waals surface area contributed by atoms with E-state index >= 15 is 0 Å². The predicted octanol–water partition coefficient (Wildman–Crippen LogP) is 7.65. The second-order valence-corrected chi connectivity index (χ2v) is 10.0. The molecule has 1 unspecified atom stereocenters. The van der Waals surface area contributed by atoms with Crippen molar-refractivity contribution in [2.45, 2.75) is 113 Å². The van der Waals surface area contributed by atoms with Crippen LogP contribution >= 0.6 is 0 Å². The highest BCUT2D eigenvalue weighted by molar-refractivity contribution is 6.82. The number of aryl methyl sites for hydroxylation is 1. The van der Waals surface area contributed by atoms with Crippen LogP contribution < -0.4 is 11.2 Å². The van der Waals surface area contributed by atoms with Crippen LogP contribution in [0.4, 0.5) is 0 Å². The van der Waals surface area contributed by atoms with E-state index in [0.29, 0.717) is 12.0 Å². The number of aliphatic carboxylic acids is 1. The largest absolute Gasteiger partial charge is 0.478 e. The number of fused-ring (bicyclic) bond motifs is 1. The Hall–Kier alpha value is -2.70. The van der Waals surface area contributed by atoms with Gasteiger partial charge in [0.1, 0.15) is 6.29 Å². The fourth-order valence-corrected chi connectivity index (χ4v) is 4.75. The van der Waals surface area contributed by atoms with Gasteiger partial charge in [-0.3, -0.25) is 0 Å². The first kappa shape index (κ1) is 40.4. The highest BCUT2D eigenvalue weighted by Gasteiger charge is 2.30. The van der Waals surface area contributed by atoms with Gasteiger partial charge in [0.2, 0.25) is 6.71 Å². The average molecular weight is 568 g/mol. The third kappa shape index (κ3) is 15.8. The molecule has 0 fully saturated rings. The number of hydrogen-bond donors (Lipinski definition) is 3. The van der Waals surface area contributed by atoms with Gasteiger partial charge >= 0.3 is 5.97 Å². The standard InChI is InChI=1S/C14H17BO3.C9H10O.C9H20.C2H6.CH5N/c1-2-3-7-15-8-12(14(17)18)11-6-4-5-10(9-16)13(11)15;1-8-4-2-3-5-9(8)6-7-10;1-4-6-8-9(3)7-5-2;2*1-2/h4-6,8,16H,2-3,7,9H2,1H3,(H,17,18);2-5,7H,6H2,1H3;9H,4-8H2,1-3H3;1-2H3;2H2,1H3. The van der Waals surface area contributed by atoms with Gasteiger partial charge in [-0.25, -0.2) is 4.79 Å². The molecule has 3 rings (SSSR count). The van der Waals surface area contributed by atoms with Crippen LogP contribution in [0.3, 0.4) is 0 Å². The molecule has 0 bridgehead atoms. The van der Waals surface area contributed by atoms with E-state index in [1.165, 1.54) is 44.7 Å². The zero-order valence-corrected chi connectivity index (χ0v) is 27.2. The highest BCUT2D eigenvalue weighted by Crippen LogP contribution is 2.25. The number of carbonyl (C=O) groups is 2. The number of rotatable bonds is 12. The maximum Gasteiger partial charge on any atom is 0.335 e. The first-order valence-corrected chi connectivity index (χ1v) is 15.6. The Morgan fingerprint density at radius 3 is 2.05 bits per heavy atom. The predicted molar refractivity (Wildman–Crippen MR) is 179 cm³/mol. The molecular formula is C35H58BNO4. The fraction of sp³-hybridized carbons (Fsp3) is 0.543. The lowest BCUT2D eigenvalue weighted by atomic mass is 9.43. The highest BCUT2D eigenvalue weighted by atomic mass is 16.4. The van der Waals surface area contributed by atoms with E-state index in [4.69, 9.17) is 0 Å². The van der Waals surface area contributed by atoms with E-state index in [1.807, 2.05) is 69.2 Å². The molecule has 230 valence electrons. The second-order valence-electron chi connectivity index (χ2n) is 10.0. The Morgan fingerprint density at radius 2 is 1.54 bits per heavy atom. The molecular weight excluding hydrogens is 509 g/mol. The lowest BCUT2D eigenvalue weighted by Gasteiger charge is -2.12. The number of carbonyl (C=O) groups excluding carboxylic acids is 1. The van der Waals surface area contributed by atoms with Crippen LogP contribution in [0.1, 0.15) is 109 Å². The van der Waals surface area contributed by atoms with E-state index in [1.54, 1.807) is 0 Å². The summed E-state index contributed by atoms with van der Waals surface area (Å²) in [6, 6.07) is 13.4. The van der Waals surface area contributed by atoms with Crippen molar-refractivity contribution >= 4 is 30.0 Å². The van der Waals surface area contributed by atoms with Crippen molar-refractivity contribution in [1.82, 2.24) is 0 Å². The minimum absolute atomic E-state index is 0.0352. The number of carboxylic acid groups (broad SMARTS) is 1. The molecule has 1 aliphatic rings. The summed E-state index contributed by atoms with van der Waals surface area (Å²) >= 11 is 0. The monoisotopic (exact) mass is 567 g/mol. The van der Waals surface area contributed by atoms with Crippen molar-refractivity contribution in [3.05, 3.63) is 70.7 Å². The van der Waals surface area contributed by atoms with Gasteiger partial charge in [0.05, 0.1) is 12.2 Å². The zero-order valence-electron chi connectivity index (χ0n) is 27.2. The lowest BCUT2D eigenvalue weighted by Crippen LogP contribution is -2.30. The van der Waals surface area contributed by atoms with Crippen molar-refractivity contribution in [1.29, 1.82) is 0 Å². The summed E-state index contributed by atoms with van der Waals surface area (Å²) in [5.74, 6) is 1.92. The minimum Gasteiger partial charge on any atom is -0.478 e. The van der Waals surface area contributed by atoms with Gasteiger partial charge in [-0.2, -0.15) is 0 Å². The topological polar surface area (TPSA) is 101 Å². The van der Waals surface area contributed by atoms with Crippen LogP contribution in [0, 0.1) is 12.8 Å². The Kier molecular flexibility index (Phi) is 25.9. The first-order valence-electron chi connectivity index (χ1n) is 15.6. The molecule has 6 heteroatoms. The molecule has 0 spiro atoms. The van der Waals surface area contributed by atoms with Crippen molar-refractivity contribution in [2.24, 2.45) is 11.7 Å². The van der Waals surface area contributed by atoms with Crippen LogP contribution in [-0.4, -0.2) is 36.2 Å². The van der Waals surface area contributed by atoms with Gasteiger partial charge in [0.25, 0.3) is 0 Å². The number of aliphatic hydroxyl groups is 1. The van der Waals surface area contributed by atoms with Gasteiger partial charge in [0, 0.05) is 6.42 Å². The Balaban J connectivity index is 0. The number of benzene rings is 2. The number of carboxylic acids is 1. The molecule has 2 aromatic carbocycles. The number of aldehydes is 1. The normalized spacial score (nSPS) is 11.5. The van der Waals surface area contributed by atoms with E-state index < -0.39 is 5.97 Å². The number of unbranched alkanes of at least 4 members (excludes halogenated alkanes) is 2. The van der Waals surface area contributed by atoms with Crippen LogP contribution in [-0.2, 0) is 22.6 Å². The van der Waals surface area contributed by atoms with Crippen LogP contribution in [0.2, 0.25) is 6.32 Å². The summed E-state index contributed by atoms with van der Waals surface area (Å²) in [7, 11) is 1.50. The maximum absolute atomic E-state index is 11.3. The van der Waals surface area contributed by atoms with Gasteiger partial charge in [-0.05, 0) is 42.1 Å². The van der Waals surface area contributed by atoms with Crippen LogP contribution in [0.15, 0.2) is 48.4 Å².